The number of aliphatic hydroxyl groups excluding tert-OH is 1. The van der Waals surface area contributed by atoms with Crippen molar-refractivity contribution >= 4 is 33.3 Å². The van der Waals surface area contributed by atoms with Gasteiger partial charge in [-0.3, -0.25) is 9.78 Å². The lowest BCUT2D eigenvalue weighted by molar-refractivity contribution is -0.128. The van der Waals surface area contributed by atoms with E-state index in [0.717, 1.165) is 20.6 Å². The van der Waals surface area contributed by atoms with E-state index in [4.69, 9.17) is 0 Å². The van der Waals surface area contributed by atoms with E-state index >= 15 is 0 Å². The monoisotopic (exact) mass is 733 g/mol. The molecular weight excluding hydrogens is 691 g/mol. The Balaban J connectivity index is 1.40. The molecule has 15 heteroatoms. The molecule has 1 aliphatic rings. The van der Waals surface area contributed by atoms with Gasteiger partial charge in [0.2, 0.25) is 15.9 Å². The highest BCUT2D eigenvalue weighted by Gasteiger charge is 2.40. The molecule has 13 nitrogen and oxygen atoms in total. The van der Waals surface area contributed by atoms with E-state index < -0.39 is 34.1 Å². The van der Waals surface area contributed by atoms with Crippen molar-refractivity contribution in [3.63, 3.8) is 0 Å². The van der Waals surface area contributed by atoms with Crippen LogP contribution in [-0.4, -0.2) is 87.4 Å². The first kappa shape index (κ1) is 37.7. The normalized spacial score (nSPS) is 15.3. The van der Waals surface area contributed by atoms with Crippen molar-refractivity contribution in [2.75, 3.05) is 19.6 Å². The second-order valence-electron chi connectivity index (χ2n) is 12.9. The maximum Gasteiger partial charge on any atom is 0.321 e. The number of benzene rings is 2. The summed E-state index contributed by atoms with van der Waals surface area (Å²) in [7, 11) is -4.19. The first-order chi connectivity index (χ1) is 24.5. The van der Waals surface area contributed by atoms with Crippen LogP contribution in [-0.2, 0) is 40.9 Å². The molecular formula is C36H43N7O6S2. The van der Waals surface area contributed by atoms with E-state index in [0.29, 0.717) is 30.9 Å². The standard InChI is InChI=1S/C36H43N7O6S2/c1-25(2)34(43-18-17-41(36(43)46)21-30-24-50-26(3)39-30)35(45)40-32(19-27-9-5-4-6-10-27)33(44)23-42(22-29-11-7-8-16-37-29)51(48,49)31-14-12-28(13-15-31)20-38-47/h4-16,24-25,32-34,44H,17-23H2,1-3H3,(H,40,45)/t32-,33+,34?/m0/s1. The van der Waals surface area contributed by atoms with Crippen LogP contribution in [0.15, 0.2) is 94.4 Å². The second-order valence-corrected chi connectivity index (χ2v) is 15.9. The highest BCUT2D eigenvalue weighted by Crippen LogP contribution is 2.24. The van der Waals surface area contributed by atoms with Crippen LogP contribution in [0.4, 0.5) is 4.79 Å². The van der Waals surface area contributed by atoms with Gasteiger partial charge >= 0.3 is 6.03 Å². The van der Waals surface area contributed by atoms with Gasteiger partial charge in [-0.25, -0.2) is 18.2 Å². The van der Waals surface area contributed by atoms with Crippen LogP contribution in [0.1, 0.15) is 41.4 Å². The molecule has 1 fully saturated rings. The zero-order valence-corrected chi connectivity index (χ0v) is 30.5. The third-order valence-corrected chi connectivity index (χ3v) is 11.4. The Morgan fingerprint density at radius 1 is 1.02 bits per heavy atom. The van der Waals surface area contributed by atoms with Gasteiger partial charge in [0.25, 0.3) is 0 Å². The molecule has 270 valence electrons. The summed E-state index contributed by atoms with van der Waals surface area (Å²) in [4.78, 5) is 50.5. The number of amides is 3. The molecule has 0 radical (unpaired) electrons. The van der Waals surface area contributed by atoms with Crippen LogP contribution >= 0.6 is 11.3 Å². The molecule has 1 saturated heterocycles. The minimum Gasteiger partial charge on any atom is -0.390 e. The summed E-state index contributed by atoms with van der Waals surface area (Å²) in [5, 5.41) is 20.6. The summed E-state index contributed by atoms with van der Waals surface area (Å²) < 4.78 is 29.3. The molecule has 0 aliphatic carbocycles. The van der Waals surface area contributed by atoms with Crippen molar-refractivity contribution in [3.05, 3.63) is 117 Å². The highest BCUT2D eigenvalue weighted by atomic mass is 32.2. The molecule has 3 heterocycles. The number of urea groups is 1. The Morgan fingerprint density at radius 3 is 2.37 bits per heavy atom. The van der Waals surface area contributed by atoms with E-state index in [2.05, 4.69) is 20.5 Å². The average Bonchev–Trinajstić information content (AvgIpc) is 3.69. The molecule has 1 unspecified atom stereocenters. The second kappa shape index (κ2) is 17.1. The topological polar surface area (TPSA) is 165 Å². The van der Waals surface area contributed by atoms with E-state index in [1.807, 2.05) is 56.5 Å². The molecule has 2 N–H and O–H groups in total. The highest BCUT2D eigenvalue weighted by molar-refractivity contribution is 7.89. The SMILES string of the molecule is Cc1nc(CN2CCN(C(C(=O)N[C@@H](Cc3ccccc3)[C@H](O)CN(Cc3ccccn3)S(=O)(=O)c3ccc(CN=O)cc3)C(C)C)C2=O)cs1. The zero-order valence-electron chi connectivity index (χ0n) is 28.8. The van der Waals surface area contributed by atoms with Gasteiger partial charge in [0, 0.05) is 31.2 Å². The number of hydrogen-bond donors (Lipinski definition) is 2. The van der Waals surface area contributed by atoms with Crippen molar-refractivity contribution in [2.24, 2.45) is 11.1 Å². The number of aryl methyl sites for hydroxylation is 1. The number of aliphatic hydroxyl groups is 1. The number of pyridine rings is 1. The quantitative estimate of drug-likeness (QED) is 0.151. The summed E-state index contributed by atoms with van der Waals surface area (Å²) >= 11 is 1.51. The van der Waals surface area contributed by atoms with Crippen LogP contribution in [0.3, 0.4) is 0 Å². The lowest BCUT2D eigenvalue weighted by atomic mass is 9.98. The van der Waals surface area contributed by atoms with Crippen molar-refractivity contribution < 1.29 is 23.1 Å². The van der Waals surface area contributed by atoms with Crippen molar-refractivity contribution in [3.8, 4) is 0 Å². The third kappa shape index (κ3) is 9.61. The summed E-state index contributed by atoms with van der Waals surface area (Å²) in [5.74, 6) is -0.702. The Labute approximate surface area is 302 Å². The fourth-order valence-electron chi connectivity index (χ4n) is 6.15. The molecule has 3 amide bonds. The number of rotatable bonds is 17. The van der Waals surface area contributed by atoms with Gasteiger partial charge in [-0.2, -0.15) is 9.21 Å². The number of nitrogens with one attached hydrogen (secondary N) is 1. The molecule has 1 aliphatic heterocycles. The number of nitroso groups, excluding NO2 is 1. The van der Waals surface area contributed by atoms with Gasteiger partial charge in [-0.1, -0.05) is 67.6 Å². The maximum absolute atomic E-state index is 14.2. The van der Waals surface area contributed by atoms with Gasteiger partial charge < -0.3 is 20.2 Å². The number of nitrogens with zero attached hydrogens (tertiary/aromatic N) is 6. The predicted octanol–water partition coefficient (Wildman–Crippen LogP) is 4.35. The summed E-state index contributed by atoms with van der Waals surface area (Å²) in [5.41, 5.74) is 2.64. The average molecular weight is 734 g/mol. The largest absolute Gasteiger partial charge is 0.390 e. The van der Waals surface area contributed by atoms with E-state index in [9.17, 15) is 28.0 Å². The Bertz CT molecular complexity index is 1870. The number of carbonyl (C=O) groups is 2. The predicted molar refractivity (Wildman–Crippen MR) is 194 cm³/mol. The fourth-order valence-corrected chi connectivity index (χ4v) is 8.19. The maximum atomic E-state index is 14.2. The number of hydrogen-bond acceptors (Lipinski definition) is 10. The van der Waals surface area contributed by atoms with Gasteiger partial charge in [-0.15, -0.1) is 11.3 Å². The van der Waals surface area contributed by atoms with Crippen molar-refractivity contribution in [1.29, 1.82) is 0 Å². The molecule has 51 heavy (non-hydrogen) atoms. The van der Waals surface area contributed by atoms with Crippen LogP contribution in [0, 0.1) is 17.7 Å². The minimum absolute atomic E-state index is 0.0336. The van der Waals surface area contributed by atoms with E-state index in [1.165, 1.54) is 35.6 Å². The van der Waals surface area contributed by atoms with Gasteiger partial charge in [0.1, 0.15) is 12.6 Å². The van der Waals surface area contributed by atoms with Gasteiger partial charge in [-0.05, 0) is 54.7 Å². The summed E-state index contributed by atoms with van der Waals surface area (Å²) in [6.07, 6.45) is 0.394. The van der Waals surface area contributed by atoms with Crippen molar-refractivity contribution in [1.82, 2.24) is 29.4 Å². The smallest absolute Gasteiger partial charge is 0.321 e. The fraction of sp³-hybridized carbons (Fsp3) is 0.389. The van der Waals surface area contributed by atoms with Crippen LogP contribution in [0.5, 0.6) is 0 Å². The molecule has 0 saturated carbocycles. The third-order valence-electron chi connectivity index (χ3n) is 8.74. The molecule has 0 spiro atoms. The Kier molecular flexibility index (Phi) is 12.6. The van der Waals surface area contributed by atoms with Gasteiger partial charge in [0.15, 0.2) is 0 Å². The lowest BCUT2D eigenvalue weighted by Crippen LogP contribution is -2.57. The lowest BCUT2D eigenvalue weighted by Gasteiger charge is -2.34. The Hall–Kier alpha value is -4.57. The van der Waals surface area contributed by atoms with Crippen LogP contribution < -0.4 is 5.32 Å². The molecule has 4 aromatic rings. The zero-order chi connectivity index (χ0) is 36.5. The molecule has 2 aromatic heterocycles. The number of carbonyl (C=O) groups excluding carboxylic acids is 2. The van der Waals surface area contributed by atoms with Crippen LogP contribution in [0.2, 0.25) is 0 Å². The molecule has 0 bridgehead atoms. The first-order valence-corrected chi connectivity index (χ1v) is 19.0. The van der Waals surface area contributed by atoms with E-state index in [1.54, 1.807) is 34.2 Å². The Morgan fingerprint density at radius 2 is 1.75 bits per heavy atom. The van der Waals surface area contributed by atoms with Gasteiger partial charge in [0.05, 0.1) is 46.5 Å². The summed E-state index contributed by atoms with van der Waals surface area (Å²) in [6.45, 7) is 6.16. The molecule has 3 atom stereocenters. The summed E-state index contributed by atoms with van der Waals surface area (Å²) in [6, 6.07) is 18.3. The number of aromatic nitrogens is 2. The number of sulfonamides is 1. The first-order valence-electron chi connectivity index (χ1n) is 16.7. The number of thiazole rings is 1. The minimum atomic E-state index is -4.19. The molecule has 5 rings (SSSR count). The van der Waals surface area contributed by atoms with Crippen LogP contribution in [0.25, 0.3) is 0 Å². The van der Waals surface area contributed by atoms with Crippen molar-refractivity contribution in [2.45, 2.75) is 69.9 Å². The van der Waals surface area contributed by atoms with E-state index in [-0.39, 0.29) is 42.9 Å². The molecule has 2 aromatic carbocycles.